The van der Waals surface area contributed by atoms with Gasteiger partial charge in [-0.2, -0.15) is 4.98 Å². The Labute approximate surface area is 155 Å². The Hall–Kier alpha value is -2.81. The fraction of sp³-hybridized carbons (Fsp3) is 0.444. The molecule has 4 rings (SSSR count). The van der Waals surface area contributed by atoms with Crippen LogP contribution < -0.4 is 5.32 Å². The quantitative estimate of drug-likeness (QED) is 0.875. The largest absolute Gasteiger partial charge is 0.339 e. The van der Waals surface area contributed by atoms with Gasteiger partial charge in [-0.3, -0.25) is 14.6 Å². The lowest BCUT2D eigenvalue weighted by Gasteiger charge is -2.31. The van der Waals surface area contributed by atoms with Crippen LogP contribution in [0.4, 0.5) is 9.18 Å². The van der Waals surface area contributed by atoms with Crippen molar-refractivity contribution in [2.45, 2.75) is 18.8 Å². The van der Waals surface area contributed by atoms with E-state index in [0.717, 1.165) is 19.4 Å². The third kappa shape index (κ3) is 3.82. The molecule has 27 heavy (non-hydrogen) atoms. The number of aromatic nitrogens is 2. The molecule has 2 aliphatic rings. The fourth-order valence-electron chi connectivity index (χ4n) is 3.50. The molecule has 1 unspecified atom stereocenters. The van der Waals surface area contributed by atoms with Gasteiger partial charge >= 0.3 is 6.03 Å². The number of urea groups is 1. The van der Waals surface area contributed by atoms with Crippen LogP contribution >= 0.6 is 0 Å². The Kier molecular flexibility index (Phi) is 4.85. The highest BCUT2D eigenvalue weighted by Crippen LogP contribution is 2.27. The number of benzene rings is 1. The first kappa shape index (κ1) is 17.6. The maximum absolute atomic E-state index is 13.1. The normalized spacial score (nSPS) is 20.7. The summed E-state index contributed by atoms with van der Waals surface area (Å²) in [5.41, 5.74) is 0.689. The second-order valence-corrected chi connectivity index (χ2v) is 6.81. The van der Waals surface area contributed by atoms with Crippen LogP contribution in [0, 0.1) is 5.82 Å². The molecule has 0 bridgehead atoms. The number of piperidine rings is 1. The van der Waals surface area contributed by atoms with Gasteiger partial charge < -0.3 is 9.84 Å². The van der Waals surface area contributed by atoms with E-state index in [-0.39, 0.29) is 30.2 Å². The molecular weight excluding hydrogens is 353 g/mol. The number of imide groups is 1. The van der Waals surface area contributed by atoms with E-state index in [1.54, 1.807) is 12.1 Å². The Balaban J connectivity index is 1.40. The molecule has 8 nitrogen and oxygen atoms in total. The highest BCUT2D eigenvalue weighted by atomic mass is 19.1. The van der Waals surface area contributed by atoms with Gasteiger partial charge in [-0.05, 0) is 43.7 Å². The predicted molar refractivity (Wildman–Crippen MR) is 93.2 cm³/mol. The molecule has 0 radical (unpaired) electrons. The third-order valence-corrected chi connectivity index (χ3v) is 4.92. The summed E-state index contributed by atoms with van der Waals surface area (Å²) < 4.78 is 18.5. The fourth-order valence-corrected chi connectivity index (χ4v) is 3.50. The zero-order chi connectivity index (χ0) is 18.8. The summed E-state index contributed by atoms with van der Waals surface area (Å²) in [6.45, 7) is 2.52. The van der Waals surface area contributed by atoms with Crippen molar-refractivity contribution in [3.05, 3.63) is 36.0 Å². The Morgan fingerprint density at radius 2 is 2.11 bits per heavy atom. The molecule has 3 heterocycles. The number of nitrogens with one attached hydrogen (secondary N) is 1. The van der Waals surface area contributed by atoms with Gasteiger partial charge in [0.2, 0.25) is 17.6 Å². The van der Waals surface area contributed by atoms with Gasteiger partial charge in [0.05, 0.1) is 12.5 Å². The molecule has 2 fully saturated rings. The number of rotatable bonds is 4. The molecule has 2 aliphatic heterocycles. The third-order valence-electron chi connectivity index (χ3n) is 4.92. The maximum Gasteiger partial charge on any atom is 0.324 e. The van der Waals surface area contributed by atoms with Gasteiger partial charge in [-0.25, -0.2) is 9.18 Å². The van der Waals surface area contributed by atoms with Gasteiger partial charge in [0, 0.05) is 25.2 Å². The summed E-state index contributed by atoms with van der Waals surface area (Å²) in [5.74, 6) is 0.461. The molecule has 2 saturated heterocycles. The lowest BCUT2D eigenvalue weighted by Crippen LogP contribution is -2.44. The summed E-state index contributed by atoms with van der Waals surface area (Å²) in [5, 5.41) is 6.63. The zero-order valence-electron chi connectivity index (χ0n) is 14.7. The topological polar surface area (TPSA) is 91.6 Å². The van der Waals surface area contributed by atoms with Crippen LogP contribution in [0.2, 0.25) is 0 Å². The van der Waals surface area contributed by atoms with E-state index in [1.165, 1.54) is 17.0 Å². The van der Waals surface area contributed by atoms with Gasteiger partial charge in [-0.15, -0.1) is 0 Å². The van der Waals surface area contributed by atoms with E-state index in [4.69, 9.17) is 4.52 Å². The minimum atomic E-state index is -0.325. The van der Waals surface area contributed by atoms with Crippen LogP contribution in [0.25, 0.3) is 11.4 Å². The molecule has 1 aromatic carbocycles. The Bertz CT molecular complexity index is 838. The van der Waals surface area contributed by atoms with Crippen molar-refractivity contribution < 1.29 is 18.5 Å². The molecule has 142 valence electrons. The van der Waals surface area contributed by atoms with E-state index in [9.17, 15) is 14.0 Å². The predicted octanol–water partition coefficient (Wildman–Crippen LogP) is 1.61. The van der Waals surface area contributed by atoms with Crippen molar-refractivity contribution in [2.75, 3.05) is 32.7 Å². The first-order valence-electron chi connectivity index (χ1n) is 9.00. The average molecular weight is 373 g/mol. The molecule has 0 aliphatic carbocycles. The molecule has 0 saturated carbocycles. The van der Waals surface area contributed by atoms with Gasteiger partial charge in [0.1, 0.15) is 5.82 Å². The molecule has 2 aromatic rings. The molecular formula is C18H20FN5O3. The summed E-state index contributed by atoms with van der Waals surface area (Å²) in [6, 6.07) is 5.60. The van der Waals surface area contributed by atoms with Crippen molar-refractivity contribution >= 4 is 11.9 Å². The number of amides is 3. The average Bonchev–Trinajstić information content (AvgIpc) is 3.32. The van der Waals surface area contributed by atoms with Crippen molar-refractivity contribution in [1.29, 1.82) is 0 Å². The highest BCUT2D eigenvalue weighted by Gasteiger charge is 2.31. The van der Waals surface area contributed by atoms with Crippen LogP contribution in [0.3, 0.4) is 0 Å². The number of hydrogen-bond acceptors (Lipinski definition) is 6. The monoisotopic (exact) mass is 373 g/mol. The minimum absolute atomic E-state index is 0.0284. The van der Waals surface area contributed by atoms with E-state index in [1.807, 2.05) is 4.90 Å². The van der Waals surface area contributed by atoms with E-state index >= 15 is 0 Å². The summed E-state index contributed by atoms with van der Waals surface area (Å²) in [4.78, 5) is 31.7. The molecule has 9 heteroatoms. The molecule has 1 aromatic heterocycles. The Morgan fingerprint density at radius 3 is 2.85 bits per heavy atom. The first-order chi connectivity index (χ1) is 13.1. The van der Waals surface area contributed by atoms with Gasteiger partial charge in [0.15, 0.2) is 0 Å². The molecule has 1 N–H and O–H groups in total. The van der Waals surface area contributed by atoms with Crippen LogP contribution in [0.5, 0.6) is 0 Å². The Morgan fingerprint density at radius 1 is 1.30 bits per heavy atom. The van der Waals surface area contributed by atoms with E-state index in [2.05, 4.69) is 15.5 Å². The number of halogens is 1. The smallest absolute Gasteiger partial charge is 0.324 e. The lowest BCUT2D eigenvalue weighted by atomic mass is 9.98. The summed E-state index contributed by atoms with van der Waals surface area (Å²) in [6.07, 6.45) is 1.79. The number of nitrogens with zero attached hydrogens (tertiary/aromatic N) is 4. The van der Waals surface area contributed by atoms with Crippen molar-refractivity contribution in [3.8, 4) is 11.4 Å². The number of likely N-dealkylation sites (tertiary alicyclic amines) is 1. The number of carbonyl (C=O) groups is 2. The van der Waals surface area contributed by atoms with Crippen LogP contribution in [-0.2, 0) is 4.79 Å². The maximum atomic E-state index is 13.1. The summed E-state index contributed by atoms with van der Waals surface area (Å²) >= 11 is 0. The first-order valence-corrected chi connectivity index (χ1v) is 9.00. The van der Waals surface area contributed by atoms with Crippen molar-refractivity contribution in [1.82, 2.24) is 25.3 Å². The molecule has 0 spiro atoms. The SMILES string of the molecule is O=C(CN1CCCC(c2nc(-c3ccc(F)cc3)no2)C1)N1CCNC1=O. The van der Waals surface area contributed by atoms with Gasteiger partial charge in [-0.1, -0.05) is 5.16 Å². The van der Waals surface area contributed by atoms with Crippen molar-refractivity contribution in [3.63, 3.8) is 0 Å². The van der Waals surface area contributed by atoms with E-state index in [0.29, 0.717) is 36.9 Å². The van der Waals surface area contributed by atoms with Crippen LogP contribution in [0.15, 0.2) is 28.8 Å². The van der Waals surface area contributed by atoms with Gasteiger partial charge in [0.25, 0.3) is 0 Å². The minimum Gasteiger partial charge on any atom is -0.339 e. The lowest BCUT2D eigenvalue weighted by molar-refractivity contribution is -0.129. The second kappa shape index (κ2) is 7.43. The van der Waals surface area contributed by atoms with Crippen LogP contribution in [0.1, 0.15) is 24.7 Å². The summed E-state index contributed by atoms with van der Waals surface area (Å²) in [7, 11) is 0. The number of hydrogen-bond donors (Lipinski definition) is 1. The molecule has 1 atom stereocenters. The second-order valence-electron chi connectivity index (χ2n) is 6.81. The zero-order valence-corrected chi connectivity index (χ0v) is 14.7. The van der Waals surface area contributed by atoms with E-state index < -0.39 is 0 Å². The molecule has 3 amide bonds. The standard InChI is InChI=1S/C18H20FN5O3/c19-14-5-3-12(4-6-14)16-21-17(27-22-16)13-2-1-8-23(10-13)11-15(25)24-9-7-20-18(24)26/h3-6,13H,1-2,7-11H2,(H,20,26). The highest BCUT2D eigenvalue weighted by molar-refractivity contribution is 5.96. The number of carbonyl (C=O) groups excluding carboxylic acids is 2. The van der Waals surface area contributed by atoms with Crippen LogP contribution in [-0.4, -0.2) is 64.6 Å². The van der Waals surface area contributed by atoms with Crippen molar-refractivity contribution in [2.24, 2.45) is 0 Å².